The fourth-order valence-corrected chi connectivity index (χ4v) is 2.93. The van der Waals surface area contributed by atoms with Gasteiger partial charge >= 0.3 is 0 Å². The average molecular weight is 372 g/mol. The van der Waals surface area contributed by atoms with Crippen molar-refractivity contribution in [2.75, 3.05) is 45.2 Å². The molecule has 1 aliphatic rings. The summed E-state index contributed by atoms with van der Waals surface area (Å²) in [6.07, 6.45) is 2.53. The molecular formula is C21H33N5O. The fourth-order valence-electron chi connectivity index (χ4n) is 2.93. The molecule has 1 aliphatic heterocycles. The first kappa shape index (κ1) is 20.8. The third-order valence-corrected chi connectivity index (χ3v) is 4.62. The van der Waals surface area contributed by atoms with Crippen molar-refractivity contribution in [3.63, 3.8) is 0 Å². The maximum absolute atomic E-state index is 11.9. The Morgan fingerprint density at radius 3 is 2.67 bits per heavy atom. The Morgan fingerprint density at radius 2 is 2.04 bits per heavy atom. The number of rotatable bonds is 7. The molecule has 0 aromatic heterocycles. The molecule has 1 amide bonds. The van der Waals surface area contributed by atoms with E-state index in [4.69, 9.17) is 0 Å². The van der Waals surface area contributed by atoms with Gasteiger partial charge in [-0.05, 0) is 44.4 Å². The second kappa shape index (κ2) is 10.00. The Hall–Kier alpha value is -2.50. The van der Waals surface area contributed by atoms with Crippen LogP contribution in [0, 0.1) is 0 Å². The molecule has 2 rings (SSSR count). The Kier molecular flexibility index (Phi) is 7.70. The van der Waals surface area contributed by atoms with Crippen LogP contribution < -0.4 is 15.5 Å². The topological polar surface area (TPSA) is 60.0 Å². The van der Waals surface area contributed by atoms with E-state index in [0.717, 1.165) is 18.7 Å². The lowest BCUT2D eigenvalue weighted by atomic mass is 10.1. The molecule has 6 heteroatoms. The minimum atomic E-state index is -0.0323. The van der Waals surface area contributed by atoms with E-state index in [1.54, 1.807) is 19.0 Å². The van der Waals surface area contributed by atoms with Gasteiger partial charge in [-0.3, -0.25) is 4.79 Å². The molecule has 0 saturated carbocycles. The van der Waals surface area contributed by atoms with Gasteiger partial charge in [0.2, 0.25) is 5.91 Å². The Labute approximate surface area is 163 Å². The Morgan fingerprint density at radius 1 is 1.33 bits per heavy atom. The van der Waals surface area contributed by atoms with Crippen molar-refractivity contribution >= 4 is 17.6 Å². The van der Waals surface area contributed by atoms with E-state index in [1.165, 1.54) is 24.1 Å². The number of amides is 1. The van der Waals surface area contributed by atoms with Crippen molar-refractivity contribution in [2.24, 2.45) is 4.99 Å². The summed E-state index contributed by atoms with van der Waals surface area (Å²) in [7, 11) is 3.47. The van der Waals surface area contributed by atoms with Gasteiger partial charge in [-0.1, -0.05) is 24.3 Å². The van der Waals surface area contributed by atoms with Crippen molar-refractivity contribution in [1.29, 1.82) is 0 Å². The molecule has 148 valence electrons. The molecule has 1 aromatic carbocycles. The zero-order valence-electron chi connectivity index (χ0n) is 17.1. The summed E-state index contributed by atoms with van der Waals surface area (Å²) in [6.45, 7) is 11.0. The molecule has 1 unspecified atom stereocenters. The molecule has 27 heavy (non-hydrogen) atoms. The number of nitrogens with one attached hydrogen (secondary N) is 2. The van der Waals surface area contributed by atoms with E-state index >= 15 is 0 Å². The van der Waals surface area contributed by atoms with Gasteiger partial charge in [0.25, 0.3) is 0 Å². The number of anilines is 1. The van der Waals surface area contributed by atoms with Crippen LogP contribution in [-0.2, 0) is 4.79 Å². The summed E-state index contributed by atoms with van der Waals surface area (Å²) in [5.74, 6) is 0.586. The lowest BCUT2D eigenvalue weighted by Crippen LogP contribution is -2.40. The van der Waals surface area contributed by atoms with Crippen molar-refractivity contribution in [3.05, 3.63) is 42.0 Å². The minimum absolute atomic E-state index is 0.0323. The Bertz CT molecular complexity index is 677. The predicted molar refractivity (Wildman–Crippen MR) is 113 cm³/mol. The van der Waals surface area contributed by atoms with E-state index < -0.39 is 0 Å². The van der Waals surface area contributed by atoms with Crippen molar-refractivity contribution in [3.8, 4) is 0 Å². The number of likely N-dealkylation sites (N-methyl/N-ethyl adjacent to an activating group) is 1. The third kappa shape index (κ3) is 6.62. The smallest absolute Gasteiger partial charge is 0.243 e. The van der Waals surface area contributed by atoms with Crippen LogP contribution in [0.4, 0.5) is 5.69 Å². The van der Waals surface area contributed by atoms with Crippen LogP contribution in [0.15, 0.2) is 41.4 Å². The van der Waals surface area contributed by atoms with E-state index in [0.29, 0.717) is 12.5 Å². The normalized spacial score (nSPS) is 15.4. The first-order chi connectivity index (χ1) is 12.9. The van der Waals surface area contributed by atoms with Gasteiger partial charge in [0.05, 0.1) is 6.04 Å². The van der Waals surface area contributed by atoms with E-state index in [1.807, 2.05) is 6.92 Å². The molecule has 0 spiro atoms. The quantitative estimate of drug-likeness (QED) is 0.439. The van der Waals surface area contributed by atoms with Gasteiger partial charge in [0.1, 0.15) is 6.54 Å². The molecule has 1 saturated heterocycles. The van der Waals surface area contributed by atoms with Crippen molar-refractivity contribution in [1.82, 2.24) is 15.5 Å². The largest absolute Gasteiger partial charge is 0.372 e. The number of carbonyl (C=O) groups excluding carboxylic acids is 1. The minimum Gasteiger partial charge on any atom is -0.372 e. The van der Waals surface area contributed by atoms with E-state index in [2.05, 4.69) is 58.3 Å². The maximum Gasteiger partial charge on any atom is 0.243 e. The molecule has 0 bridgehead atoms. The zero-order chi connectivity index (χ0) is 19.8. The molecular weight excluding hydrogens is 338 g/mol. The number of hydrogen-bond donors (Lipinski definition) is 2. The molecule has 0 aliphatic carbocycles. The summed E-state index contributed by atoms with van der Waals surface area (Å²) in [4.78, 5) is 20.3. The van der Waals surface area contributed by atoms with Gasteiger partial charge in [0.15, 0.2) is 5.96 Å². The number of guanidine groups is 1. The predicted octanol–water partition coefficient (Wildman–Crippen LogP) is 2.55. The number of hydrogen-bond acceptors (Lipinski definition) is 3. The molecule has 2 N–H and O–H groups in total. The molecule has 1 fully saturated rings. The highest BCUT2D eigenvalue weighted by Crippen LogP contribution is 2.23. The highest BCUT2D eigenvalue weighted by atomic mass is 16.2. The van der Waals surface area contributed by atoms with E-state index in [-0.39, 0.29) is 18.5 Å². The summed E-state index contributed by atoms with van der Waals surface area (Å²) < 4.78 is 0. The molecule has 1 atom stereocenters. The van der Waals surface area contributed by atoms with Crippen LogP contribution in [0.3, 0.4) is 0 Å². The van der Waals surface area contributed by atoms with Crippen LogP contribution in [0.25, 0.3) is 0 Å². The third-order valence-electron chi connectivity index (χ3n) is 4.62. The van der Waals surface area contributed by atoms with E-state index in [9.17, 15) is 4.79 Å². The Balaban J connectivity index is 2.08. The maximum atomic E-state index is 11.9. The number of nitrogens with zero attached hydrogens (tertiary/aromatic N) is 3. The standard InChI is InChI=1S/C21H33N5O/c1-16(2)14-22-21(23-15-20(27)25(4)5)24-17(3)18-9-8-10-19(13-18)26-11-6-7-12-26/h8-10,13,17H,1,6-7,11-12,14-15H2,2-5H3,(H2,22,23,24). The highest BCUT2D eigenvalue weighted by Gasteiger charge is 2.15. The zero-order valence-corrected chi connectivity index (χ0v) is 17.1. The second-order valence-electron chi connectivity index (χ2n) is 7.42. The van der Waals surface area contributed by atoms with Gasteiger partial charge in [-0.15, -0.1) is 0 Å². The highest BCUT2D eigenvalue weighted by molar-refractivity contribution is 5.85. The van der Waals surface area contributed by atoms with Crippen LogP contribution in [0.2, 0.25) is 0 Å². The van der Waals surface area contributed by atoms with Gasteiger partial charge in [0, 0.05) is 39.4 Å². The fraction of sp³-hybridized carbons (Fsp3) is 0.524. The summed E-state index contributed by atoms with van der Waals surface area (Å²) in [5, 5.41) is 6.65. The second-order valence-corrected chi connectivity index (χ2v) is 7.42. The van der Waals surface area contributed by atoms with Crippen LogP contribution in [0.5, 0.6) is 0 Å². The van der Waals surface area contributed by atoms with Crippen molar-refractivity contribution in [2.45, 2.75) is 32.7 Å². The van der Waals surface area contributed by atoms with Crippen LogP contribution >= 0.6 is 0 Å². The molecule has 0 radical (unpaired) electrons. The first-order valence-electron chi connectivity index (χ1n) is 9.61. The lowest BCUT2D eigenvalue weighted by Gasteiger charge is -2.22. The number of carbonyl (C=O) groups is 1. The van der Waals surface area contributed by atoms with Crippen molar-refractivity contribution < 1.29 is 4.79 Å². The summed E-state index contributed by atoms with van der Waals surface area (Å²) in [5.41, 5.74) is 3.48. The number of aliphatic imine (C=N–C) groups is 1. The van der Waals surface area contributed by atoms with Gasteiger partial charge in [-0.25, -0.2) is 4.99 Å². The molecule has 1 heterocycles. The van der Waals surface area contributed by atoms with Crippen LogP contribution in [0.1, 0.15) is 38.3 Å². The first-order valence-corrected chi connectivity index (χ1v) is 9.61. The van der Waals surface area contributed by atoms with Crippen LogP contribution in [-0.4, -0.2) is 57.0 Å². The molecule has 6 nitrogen and oxygen atoms in total. The SMILES string of the molecule is C=C(C)CNC(=NCC(=O)N(C)C)NC(C)c1cccc(N2CCCC2)c1. The summed E-state index contributed by atoms with van der Waals surface area (Å²) >= 11 is 0. The average Bonchev–Trinajstić information content (AvgIpc) is 3.18. The monoisotopic (exact) mass is 371 g/mol. The lowest BCUT2D eigenvalue weighted by molar-refractivity contribution is -0.127. The molecule has 1 aromatic rings. The van der Waals surface area contributed by atoms with Gasteiger partial charge < -0.3 is 20.4 Å². The van der Waals surface area contributed by atoms with Gasteiger partial charge in [-0.2, -0.15) is 0 Å². The summed E-state index contributed by atoms with van der Waals surface area (Å²) in [6, 6.07) is 8.71. The number of benzene rings is 1.